The van der Waals surface area contributed by atoms with E-state index in [1.807, 2.05) is 53.9 Å². The average Bonchev–Trinajstić information content (AvgIpc) is 3.48. The molecule has 4 heteroatoms. The molecule has 0 saturated carbocycles. The predicted molar refractivity (Wildman–Crippen MR) is 137 cm³/mol. The van der Waals surface area contributed by atoms with Crippen LogP contribution in [0.15, 0.2) is 102 Å². The Labute approximate surface area is 195 Å². The second-order valence-electron chi connectivity index (χ2n) is 8.10. The first-order valence-electron chi connectivity index (χ1n) is 10.9. The minimum absolute atomic E-state index is 0.0848. The third-order valence-electron chi connectivity index (χ3n) is 5.98. The topological polar surface area (TPSA) is 45.8 Å². The van der Waals surface area contributed by atoms with Gasteiger partial charge in [0.25, 0.3) is 0 Å². The number of para-hydroxylation sites is 1. The van der Waals surface area contributed by atoms with E-state index in [4.69, 9.17) is 4.98 Å². The van der Waals surface area contributed by atoms with Gasteiger partial charge in [-0.15, -0.1) is 11.3 Å². The Morgan fingerprint density at radius 3 is 2.27 bits per heavy atom. The molecule has 1 N–H and O–H groups in total. The number of benzene rings is 4. The van der Waals surface area contributed by atoms with Crippen LogP contribution in [-0.4, -0.2) is 15.8 Å². The minimum Gasteiger partial charge on any atom is -0.354 e. The van der Waals surface area contributed by atoms with Crippen molar-refractivity contribution in [2.24, 2.45) is 0 Å². The Balaban J connectivity index is 1.21. The Morgan fingerprint density at radius 1 is 0.727 bits per heavy atom. The van der Waals surface area contributed by atoms with Gasteiger partial charge >= 0.3 is 0 Å². The molecule has 33 heavy (non-hydrogen) atoms. The van der Waals surface area contributed by atoms with E-state index < -0.39 is 0 Å². The summed E-state index contributed by atoms with van der Waals surface area (Å²) in [5.41, 5.74) is 7.15. The van der Waals surface area contributed by atoms with E-state index in [1.54, 1.807) is 0 Å². The number of rotatable bonds is 5. The molecule has 0 saturated heterocycles. The highest BCUT2D eigenvalue weighted by Crippen LogP contribution is 2.30. The van der Waals surface area contributed by atoms with Crippen LogP contribution in [0.25, 0.3) is 44.2 Å². The number of carbonyl (C=O) groups is 1. The molecule has 4 aromatic carbocycles. The second-order valence-corrected chi connectivity index (χ2v) is 9.04. The number of nitrogens with zero attached hydrogens (tertiary/aromatic N) is 1. The number of fused-ring (bicyclic) bond motifs is 3. The van der Waals surface area contributed by atoms with Crippen LogP contribution in [0.2, 0.25) is 0 Å². The fourth-order valence-corrected chi connectivity index (χ4v) is 5.06. The van der Waals surface area contributed by atoms with Gasteiger partial charge in [-0.1, -0.05) is 84.9 Å². The van der Waals surface area contributed by atoms with E-state index >= 15 is 0 Å². The van der Waals surface area contributed by atoms with Crippen LogP contribution < -0.4 is 0 Å². The van der Waals surface area contributed by atoms with Crippen molar-refractivity contribution in [1.82, 2.24) is 9.97 Å². The number of Topliss-reactive ketones (excluding diaryl/α,β-unsaturated/α-hetero) is 1. The monoisotopic (exact) mass is 444 g/mol. The number of nitrogens with one attached hydrogen (secondary N) is 1. The molecule has 2 aromatic heterocycles. The maximum Gasteiger partial charge on any atom is 0.169 e. The number of hydrogen-bond donors (Lipinski definition) is 1. The molecule has 0 radical (unpaired) electrons. The molecular weight excluding hydrogens is 424 g/mol. The van der Waals surface area contributed by atoms with Crippen LogP contribution in [0.5, 0.6) is 0 Å². The van der Waals surface area contributed by atoms with Gasteiger partial charge in [-0.3, -0.25) is 4.79 Å². The fraction of sp³-hybridized carbons (Fsp3) is 0.0345. The standard InChI is InChI=1S/C29H20N2OS/c32-28(21-12-10-20(11-13-21)19-6-2-1-3-7-19)17-29-31-27(18-33-29)22-14-15-24-23-8-4-5-9-25(23)30-26(24)16-22/h1-16,18,30H,17H2. The molecule has 3 nitrogen and oxygen atoms in total. The lowest BCUT2D eigenvalue weighted by Gasteiger charge is -2.03. The van der Waals surface area contributed by atoms with E-state index in [9.17, 15) is 4.79 Å². The summed E-state index contributed by atoms with van der Waals surface area (Å²) >= 11 is 1.54. The Hall–Kier alpha value is -4.02. The molecule has 158 valence electrons. The summed E-state index contributed by atoms with van der Waals surface area (Å²) in [6.45, 7) is 0. The average molecular weight is 445 g/mol. The van der Waals surface area contributed by atoms with Gasteiger partial charge < -0.3 is 4.98 Å². The lowest BCUT2D eigenvalue weighted by Crippen LogP contribution is -2.03. The highest BCUT2D eigenvalue weighted by molar-refractivity contribution is 7.10. The minimum atomic E-state index is 0.0848. The van der Waals surface area contributed by atoms with Crippen molar-refractivity contribution in [2.45, 2.75) is 6.42 Å². The molecule has 2 heterocycles. The van der Waals surface area contributed by atoms with Crippen molar-refractivity contribution in [3.8, 4) is 22.4 Å². The van der Waals surface area contributed by atoms with Gasteiger partial charge in [-0.05, 0) is 23.3 Å². The zero-order chi connectivity index (χ0) is 22.2. The van der Waals surface area contributed by atoms with Crippen molar-refractivity contribution in [3.05, 3.63) is 113 Å². The van der Waals surface area contributed by atoms with Crippen LogP contribution in [-0.2, 0) is 6.42 Å². The van der Waals surface area contributed by atoms with Gasteiger partial charge in [0.1, 0.15) is 5.01 Å². The number of aromatic nitrogens is 2. The summed E-state index contributed by atoms with van der Waals surface area (Å²) in [4.78, 5) is 21.1. The summed E-state index contributed by atoms with van der Waals surface area (Å²) < 4.78 is 0. The first-order chi connectivity index (χ1) is 16.2. The number of thiazole rings is 1. The molecule has 0 aliphatic rings. The fourth-order valence-electron chi connectivity index (χ4n) is 4.26. The van der Waals surface area contributed by atoms with E-state index in [0.717, 1.165) is 38.4 Å². The Bertz CT molecular complexity index is 1590. The van der Waals surface area contributed by atoms with Crippen LogP contribution in [0, 0.1) is 0 Å². The van der Waals surface area contributed by atoms with Crippen molar-refractivity contribution in [3.63, 3.8) is 0 Å². The second kappa shape index (κ2) is 8.15. The molecule has 0 unspecified atom stereocenters. The quantitative estimate of drug-likeness (QED) is 0.279. The molecule has 0 bridgehead atoms. The van der Waals surface area contributed by atoms with Gasteiger partial charge in [0, 0.05) is 38.3 Å². The molecule has 0 amide bonds. The third kappa shape index (κ3) is 3.75. The van der Waals surface area contributed by atoms with Gasteiger partial charge in [0.05, 0.1) is 12.1 Å². The number of carbonyl (C=O) groups excluding carboxylic acids is 1. The SMILES string of the molecule is O=C(Cc1nc(-c2ccc3c(c2)[nH]c2ccccc23)cs1)c1ccc(-c2ccccc2)cc1. The highest BCUT2D eigenvalue weighted by Gasteiger charge is 2.13. The van der Waals surface area contributed by atoms with Gasteiger partial charge in [-0.2, -0.15) is 0 Å². The number of ketones is 1. The zero-order valence-electron chi connectivity index (χ0n) is 17.8. The van der Waals surface area contributed by atoms with Crippen LogP contribution in [0.1, 0.15) is 15.4 Å². The summed E-state index contributed by atoms with van der Waals surface area (Å²) in [5.74, 6) is 0.0848. The van der Waals surface area contributed by atoms with Crippen LogP contribution in [0.4, 0.5) is 0 Å². The van der Waals surface area contributed by atoms with Gasteiger partial charge in [-0.25, -0.2) is 4.98 Å². The summed E-state index contributed by atoms with van der Waals surface area (Å²) in [7, 11) is 0. The molecule has 0 fully saturated rings. The van der Waals surface area contributed by atoms with Gasteiger partial charge in [0.15, 0.2) is 5.78 Å². The normalized spacial score (nSPS) is 11.3. The van der Waals surface area contributed by atoms with Crippen molar-refractivity contribution in [1.29, 1.82) is 0 Å². The molecule has 0 aliphatic carbocycles. The first kappa shape index (κ1) is 19.6. The Morgan fingerprint density at radius 2 is 1.42 bits per heavy atom. The molecule has 6 aromatic rings. The molecule has 0 atom stereocenters. The smallest absolute Gasteiger partial charge is 0.169 e. The van der Waals surface area contributed by atoms with E-state index in [-0.39, 0.29) is 5.78 Å². The molecule has 0 aliphatic heterocycles. The van der Waals surface area contributed by atoms with E-state index in [1.165, 1.54) is 22.1 Å². The lowest BCUT2D eigenvalue weighted by molar-refractivity contribution is 0.0993. The third-order valence-corrected chi connectivity index (χ3v) is 6.83. The Kier molecular flexibility index (Phi) is 4.85. The summed E-state index contributed by atoms with van der Waals surface area (Å²) in [6.07, 6.45) is 0.310. The largest absolute Gasteiger partial charge is 0.354 e. The van der Waals surface area contributed by atoms with Crippen molar-refractivity contribution >= 4 is 38.9 Å². The van der Waals surface area contributed by atoms with Gasteiger partial charge in [0.2, 0.25) is 0 Å². The molecule has 0 spiro atoms. The highest BCUT2D eigenvalue weighted by atomic mass is 32.1. The van der Waals surface area contributed by atoms with E-state index in [0.29, 0.717) is 12.0 Å². The first-order valence-corrected chi connectivity index (χ1v) is 11.8. The molecular formula is C29H20N2OS. The number of hydrogen-bond acceptors (Lipinski definition) is 3. The van der Waals surface area contributed by atoms with Crippen LogP contribution >= 0.6 is 11.3 Å². The summed E-state index contributed by atoms with van der Waals surface area (Å²) in [5, 5.41) is 5.30. The van der Waals surface area contributed by atoms with E-state index in [2.05, 4.69) is 53.5 Å². The molecule has 6 rings (SSSR count). The lowest BCUT2D eigenvalue weighted by atomic mass is 10.0. The van der Waals surface area contributed by atoms with Crippen LogP contribution in [0.3, 0.4) is 0 Å². The summed E-state index contributed by atoms with van der Waals surface area (Å²) in [6, 6.07) is 32.7. The van der Waals surface area contributed by atoms with Crippen molar-refractivity contribution < 1.29 is 4.79 Å². The maximum atomic E-state index is 12.8. The zero-order valence-corrected chi connectivity index (χ0v) is 18.6. The number of H-pyrrole nitrogens is 1. The number of aromatic amines is 1. The predicted octanol–water partition coefficient (Wildman–Crippen LogP) is 7.54. The van der Waals surface area contributed by atoms with Crippen molar-refractivity contribution in [2.75, 3.05) is 0 Å². The maximum absolute atomic E-state index is 12.8.